The van der Waals surface area contributed by atoms with Crippen molar-refractivity contribution in [2.24, 2.45) is 0 Å². The molecular weight excluding hydrogens is 267 g/mol. The summed E-state index contributed by atoms with van der Waals surface area (Å²) in [4.78, 5) is 8.28. The summed E-state index contributed by atoms with van der Waals surface area (Å²) in [7, 11) is 1.61. The number of pyridine rings is 1. The van der Waals surface area contributed by atoms with Crippen LogP contribution in [-0.4, -0.2) is 28.0 Å². The number of methoxy groups -OCH3 is 1. The first-order valence-corrected chi connectivity index (χ1v) is 6.67. The van der Waals surface area contributed by atoms with E-state index in [9.17, 15) is 4.39 Å². The van der Waals surface area contributed by atoms with Crippen molar-refractivity contribution < 1.29 is 9.13 Å². The van der Waals surface area contributed by atoms with E-state index < -0.39 is 0 Å². The summed E-state index contributed by atoms with van der Waals surface area (Å²) in [5.74, 6) is 0.370. The van der Waals surface area contributed by atoms with Crippen molar-refractivity contribution >= 4 is 16.7 Å². The lowest BCUT2D eigenvalue weighted by atomic mass is 10.2. The van der Waals surface area contributed by atoms with Gasteiger partial charge in [0, 0.05) is 37.8 Å². The second-order valence-corrected chi connectivity index (χ2v) is 4.70. The van der Waals surface area contributed by atoms with Crippen molar-refractivity contribution in [3.8, 4) is 0 Å². The number of anilines is 1. The number of hydrogen-bond acceptors (Lipinski definition) is 6. The smallest absolute Gasteiger partial charge is 0.202 e. The average Bonchev–Trinajstić information content (AvgIpc) is 2.89. The Morgan fingerprint density at radius 1 is 1.53 bits per heavy atom. The summed E-state index contributed by atoms with van der Waals surface area (Å²) in [6.45, 7) is 2.44. The Labute approximate surface area is 115 Å². The highest BCUT2D eigenvalue weighted by atomic mass is 32.1. The molecule has 0 aliphatic carbocycles. The highest BCUT2D eigenvalue weighted by molar-refractivity contribution is 7.09. The van der Waals surface area contributed by atoms with Crippen LogP contribution >= 0.6 is 11.5 Å². The SMILES string of the molecule is CO[C@H](C)c1nsc(NCCc2ncccc2F)n1. The molecular formula is C12H15FN4OS. The van der Waals surface area contributed by atoms with E-state index in [0.717, 1.165) is 0 Å². The topological polar surface area (TPSA) is 59.9 Å². The minimum atomic E-state index is -0.282. The molecule has 0 radical (unpaired) electrons. The number of nitrogens with one attached hydrogen (secondary N) is 1. The number of hydrogen-bond donors (Lipinski definition) is 1. The zero-order valence-corrected chi connectivity index (χ0v) is 11.6. The molecule has 2 aromatic heterocycles. The van der Waals surface area contributed by atoms with Gasteiger partial charge in [0.1, 0.15) is 11.9 Å². The normalized spacial score (nSPS) is 12.4. The summed E-state index contributed by atoms with van der Waals surface area (Å²) in [6, 6.07) is 2.99. The molecule has 0 aliphatic rings. The standard InChI is InChI=1S/C12H15FN4OS/c1-8(18-2)11-16-12(19-17-11)15-7-5-10-9(13)4-3-6-14-10/h3-4,6,8H,5,7H2,1-2H3,(H,15,16,17)/t8-/m1/s1. The van der Waals surface area contributed by atoms with E-state index in [1.54, 1.807) is 19.4 Å². The monoisotopic (exact) mass is 282 g/mol. The van der Waals surface area contributed by atoms with E-state index in [0.29, 0.717) is 29.6 Å². The zero-order chi connectivity index (χ0) is 13.7. The van der Waals surface area contributed by atoms with Crippen LogP contribution in [0, 0.1) is 5.82 Å². The molecule has 2 aromatic rings. The van der Waals surface area contributed by atoms with Gasteiger partial charge in [0.25, 0.3) is 0 Å². The minimum Gasteiger partial charge on any atom is -0.374 e. The quantitative estimate of drug-likeness (QED) is 0.881. The van der Waals surface area contributed by atoms with Crippen molar-refractivity contribution in [1.82, 2.24) is 14.3 Å². The third-order valence-corrected chi connectivity index (χ3v) is 3.32. The van der Waals surface area contributed by atoms with Gasteiger partial charge in [-0.05, 0) is 19.1 Å². The lowest BCUT2D eigenvalue weighted by molar-refractivity contribution is 0.113. The van der Waals surface area contributed by atoms with Crippen LogP contribution in [0.2, 0.25) is 0 Å². The first kappa shape index (κ1) is 13.8. The van der Waals surface area contributed by atoms with Gasteiger partial charge in [0.05, 0.1) is 5.69 Å². The molecule has 1 N–H and O–H groups in total. The van der Waals surface area contributed by atoms with Crippen molar-refractivity contribution in [3.05, 3.63) is 35.7 Å². The first-order chi connectivity index (χ1) is 9.20. The summed E-state index contributed by atoms with van der Waals surface area (Å²) < 4.78 is 22.7. The number of nitrogens with zero attached hydrogens (tertiary/aromatic N) is 3. The summed E-state index contributed by atoms with van der Waals surface area (Å²) in [5.41, 5.74) is 0.449. The van der Waals surface area contributed by atoms with Crippen molar-refractivity contribution in [1.29, 1.82) is 0 Å². The number of halogens is 1. The van der Waals surface area contributed by atoms with Crippen molar-refractivity contribution in [2.45, 2.75) is 19.4 Å². The van der Waals surface area contributed by atoms with Crippen molar-refractivity contribution in [2.75, 3.05) is 19.0 Å². The van der Waals surface area contributed by atoms with Crippen LogP contribution in [0.3, 0.4) is 0 Å². The van der Waals surface area contributed by atoms with Gasteiger partial charge >= 0.3 is 0 Å². The van der Waals surface area contributed by atoms with Crippen LogP contribution in [0.15, 0.2) is 18.3 Å². The highest BCUT2D eigenvalue weighted by Crippen LogP contribution is 2.18. The summed E-state index contributed by atoms with van der Waals surface area (Å²) in [5, 5.41) is 3.81. The first-order valence-electron chi connectivity index (χ1n) is 5.90. The molecule has 7 heteroatoms. The van der Waals surface area contributed by atoms with Gasteiger partial charge in [-0.2, -0.15) is 4.37 Å². The molecule has 0 amide bonds. The minimum absolute atomic E-state index is 0.125. The van der Waals surface area contributed by atoms with E-state index in [1.807, 2.05) is 6.92 Å². The predicted octanol–water partition coefficient (Wildman–Crippen LogP) is 2.43. The van der Waals surface area contributed by atoms with E-state index in [-0.39, 0.29) is 11.9 Å². The molecule has 1 atom stereocenters. The summed E-state index contributed by atoms with van der Waals surface area (Å²) in [6.07, 6.45) is 1.96. The second-order valence-electron chi connectivity index (χ2n) is 3.94. The van der Waals surface area contributed by atoms with Crippen molar-refractivity contribution in [3.63, 3.8) is 0 Å². The lowest BCUT2D eigenvalue weighted by Crippen LogP contribution is -2.07. The number of rotatable bonds is 6. The van der Waals surface area contributed by atoms with Gasteiger partial charge in [-0.15, -0.1) is 0 Å². The number of aromatic nitrogens is 3. The molecule has 0 aliphatic heterocycles. The van der Waals surface area contributed by atoms with Crippen LogP contribution in [0.1, 0.15) is 24.5 Å². The van der Waals surface area contributed by atoms with Crippen LogP contribution in [-0.2, 0) is 11.2 Å². The van der Waals surface area contributed by atoms with Gasteiger partial charge in [-0.1, -0.05) is 0 Å². The van der Waals surface area contributed by atoms with E-state index in [2.05, 4.69) is 19.7 Å². The fourth-order valence-electron chi connectivity index (χ4n) is 1.47. The Morgan fingerprint density at radius 3 is 3.11 bits per heavy atom. The van der Waals surface area contributed by atoms with E-state index >= 15 is 0 Å². The second kappa shape index (κ2) is 6.53. The Kier molecular flexibility index (Phi) is 4.75. The zero-order valence-electron chi connectivity index (χ0n) is 10.8. The van der Waals surface area contributed by atoms with Gasteiger partial charge in [0.2, 0.25) is 5.13 Å². The van der Waals surface area contributed by atoms with Gasteiger partial charge in [-0.25, -0.2) is 9.37 Å². The van der Waals surface area contributed by atoms with Gasteiger partial charge in [-0.3, -0.25) is 4.98 Å². The molecule has 102 valence electrons. The largest absolute Gasteiger partial charge is 0.374 e. The lowest BCUT2D eigenvalue weighted by Gasteiger charge is -2.04. The van der Waals surface area contributed by atoms with E-state index in [4.69, 9.17) is 4.74 Å². The molecule has 0 spiro atoms. The predicted molar refractivity (Wildman–Crippen MR) is 71.7 cm³/mol. The van der Waals surface area contributed by atoms with E-state index in [1.165, 1.54) is 17.6 Å². The molecule has 0 unspecified atom stereocenters. The molecule has 0 saturated carbocycles. The van der Waals surface area contributed by atoms with Crippen LogP contribution < -0.4 is 5.32 Å². The molecule has 0 aromatic carbocycles. The molecule has 0 bridgehead atoms. The molecule has 0 saturated heterocycles. The maximum atomic E-state index is 13.3. The average molecular weight is 282 g/mol. The third-order valence-electron chi connectivity index (χ3n) is 2.63. The third kappa shape index (κ3) is 3.68. The fourth-order valence-corrected chi connectivity index (χ4v) is 2.14. The van der Waals surface area contributed by atoms with Crippen LogP contribution in [0.5, 0.6) is 0 Å². The van der Waals surface area contributed by atoms with Crippen LogP contribution in [0.25, 0.3) is 0 Å². The highest BCUT2D eigenvalue weighted by Gasteiger charge is 2.11. The maximum absolute atomic E-state index is 13.3. The molecule has 0 fully saturated rings. The summed E-state index contributed by atoms with van der Waals surface area (Å²) >= 11 is 1.27. The Balaban J connectivity index is 1.86. The number of ether oxygens (including phenoxy) is 1. The molecule has 19 heavy (non-hydrogen) atoms. The van der Waals surface area contributed by atoms with Crippen LogP contribution in [0.4, 0.5) is 9.52 Å². The molecule has 2 heterocycles. The maximum Gasteiger partial charge on any atom is 0.202 e. The Hall–Kier alpha value is -1.60. The Morgan fingerprint density at radius 2 is 2.37 bits per heavy atom. The van der Waals surface area contributed by atoms with Gasteiger partial charge < -0.3 is 10.1 Å². The molecule has 2 rings (SSSR count). The van der Waals surface area contributed by atoms with Gasteiger partial charge in [0.15, 0.2) is 5.82 Å². The molecule has 5 nitrogen and oxygen atoms in total. The fraction of sp³-hybridized carbons (Fsp3) is 0.417. The Bertz CT molecular complexity index is 534.